The number of hydrogen-bond donors (Lipinski definition) is 3. The third-order valence-corrected chi connectivity index (χ3v) is 4.04. The van der Waals surface area contributed by atoms with Crippen LogP contribution >= 0.6 is 0 Å². The summed E-state index contributed by atoms with van der Waals surface area (Å²) in [5, 5.41) is 14.3. The minimum atomic E-state index is -1.09. The van der Waals surface area contributed by atoms with Crippen LogP contribution in [-0.2, 0) is 14.3 Å². The predicted molar refractivity (Wildman–Crippen MR) is 65.9 cm³/mol. The van der Waals surface area contributed by atoms with Crippen molar-refractivity contribution in [1.82, 2.24) is 10.6 Å². The Labute approximate surface area is 111 Å². The predicted octanol–water partition coefficient (Wildman–Crippen LogP) is 0.0984. The standard InChI is InChI=1S/C12H20N2O5/c1-18-11(5-6-19-8-11)7-13-10(17)14-12(9(15)16)3-2-4-12/h2-8H2,1H3,(H,15,16)(H2,13,14,17). The van der Waals surface area contributed by atoms with E-state index in [2.05, 4.69) is 10.6 Å². The van der Waals surface area contributed by atoms with E-state index in [1.54, 1.807) is 7.11 Å². The average molecular weight is 272 g/mol. The maximum Gasteiger partial charge on any atom is 0.329 e. The van der Waals surface area contributed by atoms with E-state index in [0.29, 0.717) is 39.0 Å². The number of carboxylic acid groups (broad SMARTS) is 1. The highest BCUT2D eigenvalue weighted by molar-refractivity contribution is 5.87. The molecule has 0 aromatic heterocycles. The number of carboxylic acids is 1. The van der Waals surface area contributed by atoms with Gasteiger partial charge in [0.05, 0.1) is 13.2 Å². The molecule has 7 nitrogen and oxygen atoms in total. The Morgan fingerprint density at radius 2 is 2.11 bits per heavy atom. The van der Waals surface area contributed by atoms with Crippen LogP contribution in [0, 0.1) is 0 Å². The van der Waals surface area contributed by atoms with Gasteiger partial charge in [-0.05, 0) is 19.3 Å². The molecule has 1 heterocycles. The van der Waals surface area contributed by atoms with E-state index < -0.39 is 23.1 Å². The van der Waals surface area contributed by atoms with Crippen LogP contribution in [0.4, 0.5) is 4.79 Å². The van der Waals surface area contributed by atoms with E-state index in [4.69, 9.17) is 14.6 Å². The van der Waals surface area contributed by atoms with Gasteiger partial charge in [0.2, 0.25) is 0 Å². The molecule has 7 heteroatoms. The lowest BCUT2D eigenvalue weighted by Gasteiger charge is -2.38. The minimum Gasteiger partial charge on any atom is -0.480 e. The Morgan fingerprint density at radius 3 is 2.53 bits per heavy atom. The molecule has 2 aliphatic rings. The van der Waals surface area contributed by atoms with Crippen LogP contribution in [0.1, 0.15) is 25.7 Å². The highest BCUT2D eigenvalue weighted by Crippen LogP contribution is 2.32. The number of rotatable bonds is 5. The monoisotopic (exact) mass is 272 g/mol. The summed E-state index contributed by atoms with van der Waals surface area (Å²) in [4.78, 5) is 22.9. The summed E-state index contributed by atoms with van der Waals surface area (Å²) in [7, 11) is 1.58. The molecule has 1 unspecified atom stereocenters. The molecule has 0 aromatic rings. The normalized spacial score (nSPS) is 28.5. The first-order valence-corrected chi connectivity index (χ1v) is 6.44. The van der Waals surface area contributed by atoms with E-state index >= 15 is 0 Å². The fraction of sp³-hybridized carbons (Fsp3) is 0.833. The van der Waals surface area contributed by atoms with Crippen molar-refractivity contribution in [2.45, 2.75) is 36.8 Å². The molecule has 3 N–H and O–H groups in total. The molecule has 19 heavy (non-hydrogen) atoms. The molecule has 1 saturated heterocycles. The van der Waals surface area contributed by atoms with Gasteiger partial charge in [0.25, 0.3) is 0 Å². The Balaban J connectivity index is 1.83. The SMILES string of the molecule is COC1(CNC(=O)NC2(C(=O)O)CCC2)CCOC1. The van der Waals surface area contributed by atoms with Crippen LogP contribution in [0.25, 0.3) is 0 Å². The molecular formula is C12H20N2O5. The molecule has 0 bridgehead atoms. The smallest absolute Gasteiger partial charge is 0.329 e. The molecule has 0 spiro atoms. The number of amides is 2. The number of aliphatic carboxylic acids is 1. The van der Waals surface area contributed by atoms with Crippen molar-refractivity contribution in [3.05, 3.63) is 0 Å². The van der Waals surface area contributed by atoms with Crippen molar-refractivity contribution in [2.75, 3.05) is 26.9 Å². The molecular weight excluding hydrogens is 252 g/mol. The molecule has 108 valence electrons. The summed E-state index contributed by atoms with van der Waals surface area (Å²) in [6.07, 6.45) is 2.50. The Morgan fingerprint density at radius 1 is 1.37 bits per heavy atom. The quantitative estimate of drug-likeness (QED) is 0.659. The highest BCUT2D eigenvalue weighted by atomic mass is 16.5. The Bertz CT molecular complexity index is 361. The van der Waals surface area contributed by atoms with E-state index in [1.165, 1.54) is 0 Å². The van der Waals surface area contributed by atoms with Gasteiger partial charge in [0.1, 0.15) is 11.1 Å². The van der Waals surface area contributed by atoms with Gasteiger partial charge in [0.15, 0.2) is 0 Å². The van der Waals surface area contributed by atoms with Crippen molar-refractivity contribution in [2.24, 2.45) is 0 Å². The Hall–Kier alpha value is -1.34. The van der Waals surface area contributed by atoms with Gasteiger partial charge in [-0.25, -0.2) is 9.59 Å². The van der Waals surface area contributed by atoms with E-state index in [9.17, 15) is 9.59 Å². The van der Waals surface area contributed by atoms with Crippen molar-refractivity contribution in [3.8, 4) is 0 Å². The zero-order valence-electron chi connectivity index (χ0n) is 11.0. The van der Waals surface area contributed by atoms with Gasteiger partial charge < -0.3 is 25.2 Å². The second-order valence-corrected chi connectivity index (χ2v) is 5.24. The van der Waals surface area contributed by atoms with Crippen LogP contribution in [-0.4, -0.2) is 55.1 Å². The maximum atomic E-state index is 11.8. The largest absolute Gasteiger partial charge is 0.480 e. The lowest BCUT2D eigenvalue weighted by atomic mass is 9.77. The number of methoxy groups -OCH3 is 1. The molecule has 1 aliphatic carbocycles. The van der Waals surface area contributed by atoms with Gasteiger partial charge in [-0.3, -0.25) is 0 Å². The fourth-order valence-corrected chi connectivity index (χ4v) is 2.39. The van der Waals surface area contributed by atoms with E-state index in [0.717, 1.165) is 6.42 Å². The Kier molecular flexibility index (Phi) is 3.96. The van der Waals surface area contributed by atoms with Crippen LogP contribution in [0.2, 0.25) is 0 Å². The van der Waals surface area contributed by atoms with Gasteiger partial charge in [-0.1, -0.05) is 0 Å². The van der Waals surface area contributed by atoms with Crippen LogP contribution in [0.3, 0.4) is 0 Å². The number of ether oxygens (including phenoxy) is 2. The molecule has 1 aliphatic heterocycles. The number of carbonyl (C=O) groups is 2. The first kappa shape index (κ1) is 14.1. The van der Waals surface area contributed by atoms with Crippen molar-refractivity contribution < 1.29 is 24.2 Å². The van der Waals surface area contributed by atoms with Crippen LogP contribution in [0.5, 0.6) is 0 Å². The molecule has 0 aromatic carbocycles. The summed E-state index contributed by atoms with van der Waals surface area (Å²) in [6, 6.07) is -0.467. The summed E-state index contributed by atoms with van der Waals surface area (Å²) < 4.78 is 10.6. The first-order chi connectivity index (χ1) is 9.02. The average Bonchev–Trinajstić information content (AvgIpc) is 2.80. The maximum absolute atomic E-state index is 11.8. The minimum absolute atomic E-state index is 0.311. The topological polar surface area (TPSA) is 96.9 Å². The van der Waals surface area contributed by atoms with Crippen molar-refractivity contribution in [3.63, 3.8) is 0 Å². The van der Waals surface area contributed by atoms with E-state index in [-0.39, 0.29) is 0 Å². The molecule has 1 atom stereocenters. The fourth-order valence-electron chi connectivity index (χ4n) is 2.39. The second kappa shape index (κ2) is 5.34. The van der Waals surface area contributed by atoms with Crippen LogP contribution < -0.4 is 10.6 Å². The molecule has 0 radical (unpaired) electrons. The zero-order valence-corrected chi connectivity index (χ0v) is 11.0. The number of urea groups is 1. The summed E-state index contributed by atoms with van der Waals surface area (Å²) in [5.41, 5.74) is -1.58. The van der Waals surface area contributed by atoms with Crippen molar-refractivity contribution in [1.29, 1.82) is 0 Å². The third-order valence-electron chi connectivity index (χ3n) is 4.04. The highest BCUT2D eigenvalue weighted by Gasteiger charge is 2.46. The molecule has 2 rings (SSSR count). The summed E-state index contributed by atoms with van der Waals surface area (Å²) in [6.45, 7) is 1.36. The van der Waals surface area contributed by atoms with Gasteiger partial charge in [-0.15, -0.1) is 0 Å². The zero-order chi connectivity index (χ0) is 13.9. The molecule has 2 amide bonds. The van der Waals surface area contributed by atoms with Crippen molar-refractivity contribution >= 4 is 12.0 Å². The molecule has 1 saturated carbocycles. The third kappa shape index (κ3) is 2.82. The summed E-state index contributed by atoms with van der Waals surface area (Å²) in [5.74, 6) is -0.973. The summed E-state index contributed by atoms with van der Waals surface area (Å²) >= 11 is 0. The number of nitrogens with one attached hydrogen (secondary N) is 2. The number of carbonyl (C=O) groups excluding carboxylic acids is 1. The second-order valence-electron chi connectivity index (χ2n) is 5.24. The van der Waals surface area contributed by atoms with Gasteiger partial charge in [-0.2, -0.15) is 0 Å². The van der Waals surface area contributed by atoms with Crippen LogP contribution in [0.15, 0.2) is 0 Å². The first-order valence-electron chi connectivity index (χ1n) is 6.44. The number of hydrogen-bond acceptors (Lipinski definition) is 4. The lowest BCUT2D eigenvalue weighted by Crippen LogP contribution is -2.62. The molecule has 2 fully saturated rings. The van der Waals surface area contributed by atoms with E-state index in [1.807, 2.05) is 0 Å². The van der Waals surface area contributed by atoms with Gasteiger partial charge in [0, 0.05) is 20.1 Å². The lowest BCUT2D eigenvalue weighted by molar-refractivity contribution is -0.148. The van der Waals surface area contributed by atoms with Gasteiger partial charge >= 0.3 is 12.0 Å².